The zero-order valence-electron chi connectivity index (χ0n) is 10.5. The van der Waals surface area contributed by atoms with Gasteiger partial charge in [0.25, 0.3) is 0 Å². The highest BCUT2D eigenvalue weighted by Gasteiger charge is 2.16. The first-order valence-corrected chi connectivity index (χ1v) is 6.63. The number of nitrogens with zero attached hydrogens (tertiary/aromatic N) is 1. The van der Waals surface area contributed by atoms with Gasteiger partial charge in [-0.25, -0.2) is 0 Å². The quantitative estimate of drug-likeness (QED) is 0.691. The van der Waals surface area contributed by atoms with Crippen molar-refractivity contribution in [3.05, 3.63) is 23.5 Å². The summed E-state index contributed by atoms with van der Waals surface area (Å²) in [5.41, 5.74) is 3.05. The Hall–Kier alpha value is -0.760. The van der Waals surface area contributed by atoms with Gasteiger partial charge in [0.2, 0.25) is 0 Å². The third-order valence-electron chi connectivity index (χ3n) is 3.48. The predicted molar refractivity (Wildman–Crippen MR) is 66.6 cm³/mol. The number of unbranched alkanes of at least 4 members (excludes halogenated alkanes) is 1. The second-order valence-electron chi connectivity index (χ2n) is 4.73. The standard InChI is InChI=1S/C14H23NO/c1-3-4-11-16-12(2)15-10-9-13-7-5-6-8-14(13)15/h9-10,12H,3-8,11H2,1-2H3. The second kappa shape index (κ2) is 5.53. The zero-order valence-corrected chi connectivity index (χ0v) is 10.5. The summed E-state index contributed by atoms with van der Waals surface area (Å²) in [4.78, 5) is 0. The first-order valence-electron chi connectivity index (χ1n) is 6.63. The smallest absolute Gasteiger partial charge is 0.130 e. The van der Waals surface area contributed by atoms with Crippen LogP contribution in [0, 0.1) is 0 Å². The topological polar surface area (TPSA) is 14.2 Å². The Labute approximate surface area is 98.6 Å². The van der Waals surface area contributed by atoms with Crippen LogP contribution in [0.25, 0.3) is 0 Å². The Morgan fingerprint density at radius 2 is 2.19 bits per heavy atom. The van der Waals surface area contributed by atoms with E-state index in [1.54, 1.807) is 0 Å². The molecule has 1 heterocycles. The molecule has 0 N–H and O–H groups in total. The number of hydrogen-bond donors (Lipinski definition) is 0. The molecule has 0 fully saturated rings. The van der Waals surface area contributed by atoms with E-state index in [1.807, 2.05) is 0 Å². The third kappa shape index (κ3) is 2.49. The van der Waals surface area contributed by atoms with Gasteiger partial charge < -0.3 is 9.30 Å². The molecule has 0 aromatic carbocycles. The zero-order chi connectivity index (χ0) is 11.4. The summed E-state index contributed by atoms with van der Waals surface area (Å²) in [6.07, 6.45) is 9.93. The number of rotatable bonds is 5. The monoisotopic (exact) mass is 221 g/mol. The fourth-order valence-corrected chi connectivity index (χ4v) is 2.47. The normalized spacial score (nSPS) is 17.1. The minimum atomic E-state index is 0.202. The van der Waals surface area contributed by atoms with Gasteiger partial charge in [-0.1, -0.05) is 13.3 Å². The van der Waals surface area contributed by atoms with Gasteiger partial charge in [-0.2, -0.15) is 0 Å². The van der Waals surface area contributed by atoms with Gasteiger partial charge in [0.15, 0.2) is 0 Å². The molecule has 0 spiro atoms. The Morgan fingerprint density at radius 3 is 3.00 bits per heavy atom. The van der Waals surface area contributed by atoms with Crippen molar-refractivity contribution < 1.29 is 4.74 Å². The molecular weight excluding hydrogens is 198 g/mol. The number of aryl methyl sites for hydroxylation is 1. The number of aromatic nitrogens is 1. The lowest BCUT2D eigenvalue weighted by Crippen LogP contribution is -2.14. The van der Waals surface area contributed by atoms with Gasteiger partial charge in [0.1, 0.15) is 6.23 Å². The Morgan fingerprint density at radius 1 is 1.38 bits per heavy atom. The van der Waals surface area contributed by atoms with E-state index in [9.17, 15) is 0 Å². The molecule has 2 nitrogen and oxygen atoms in total. The fraction of sp³-hybridized carbons (Fsp3) is 0.714. The van der Waals surface area contributed by atoms with Gasteiger partial charge >= 0.3 is 0 Å². The van der Waals surface area contributed by atoms with E-state index in [-0.39, 0.29) is 6.23 Å². The summed E-state index contributed by atoms with van der Waals surface area (Å²) in [6, 6.07) is 2.27. The van der Waals surface area contributed by atoms with E-state index in [0.29, 0.717) is 0 Å². The Balaban J connectivity index is 1.99. The highest BCUT2D eigenvalue weighted by atomic mass is 16.5. The molecule has 1 aliphatic carbocycles. The average molecular weight is 221 g/mol. The van der Waals surface area contributed by atoms with Crippen LogP contribution in [-0.4, -0.2) is 11.2 Å². The van der Waals surface area contributed by atoms with Crippen molar-refractivity contribution in [2.75, 3.05) is 6.61 Å². The van der Waals surface area contributed by atoms with Crippen molar-refractivity contribution in [3.8, 4) is 0 Å². The van der Waals surface area contributed by atoms with E-state index in [2.05, 4.69) is 30.7 Å². The summed E-state index contributed by atoms with van der Waals surface area (Å²) < 4.78 is 8.18. The summed E-state index contributed by atoms with van der Waals surface area (Å²) in [5, 5.41) is 0. The van der Waals surface area contributed by atoms with Gasteiger partial charge in [0, 0.05) is 18.5 Å². The third-order valence-corrected chi connectivity index (χ3v) is 3.48. The minimum absolute atomic E-state index is 0.202. The van der Waals surface area contributed by atoms with Gasteiger partial charge in [-0.3, -0.25) is 0 Å². The van der Waals surface area contributed by atoms with Crippen molar-refractivity contribution in [3.63, 3.8) is 0 Å². The first kappa shape index (κ1) is 11.7. The molecular formula is C14H23NO. The Kier molecular flexibility index (Phi) is 4.05. The minimum Gasteiger partial charge on any atom is -0.358 e. The van der Waals surface area contributed by atoms with Gasteiger partial charge in [-0.05, 0) is 50.7 Å². The molecule has 1 aliphatic rings. The second-order valence-corrected chi connectivity index (χ2v) is 4.73. The SMILES string of the molecule is CCCCOC(C)n1ccc2c1CCCC2. The average Bonchev–Trinajstić information content (AvgIpc) is 2.73. The van der Waals surface area contributed by atoms with Gasteiger partial charge in [0.05, 0.1) is 0 Å². The molecule has 2 heteroatoms. The summed E-state index contributed by atoms with van der Waals surface area (Å²) in [7, 11) is 0. The van der Waals surface area contributed by atoms with Crippen LogP contribution >= 0.6 is 0 Å². The lowest BCUT2D eigenvalue weighted by molar-refractivity contribution is 0.0130. The molecule has 1 aromatic heterocycles. The Bertz CT molecular complexity index is 329. The van der Waals surface area contributed by atoms with Crippen molar-refractivity contribution in [2.45, 2.75) is 58.6 Å². The molecule has 1 atom stereocenters. The van der Waals surface area contributed by atoms with Crippen LogP contribution in [0.15, 0.2) is 12.3 Å². The maximum absolute atomic E-state index is 5.86. The lowest BCUT2D eigenvalue weighted by Gasteiger charge is -2.21. The molecule has 1 unspecified atom stereocenters. The van der Waals surface area contributed by atoms with Crippen LogP contribution < -0.4 is 0 Å². The molecule has 1 aromatic rings. The molecule has 0 bridgehead atoms. The highest BCUT2D eigenvalue weighted by Crippen LogP contribution is 2.25. The molecule has 2 rings (SSSR count). The summed E-state index contributed by atoms with van der Waals surface area (Å²) in [5.74, 6) is 0. The summed E-state index contributed by atoms with van der Waals surface area (Å²) >= 11 is 0. The van der Waals surface area contributed by atoms with E-state index in [1.165, 1.54) is 43.4 Å². The van der Waals surface area contributed by atoms with Gasteiger partial charge in [-0.15, -0.1) is 0 Å². The van der Waals surface area contributed by atoms with Crippen LogP contribution in [0.1, 0.15) is 57.0 Å². The number of ether oxygens (including phenoxy) is 1. The largest absolute Gasteiger partial charge is 0.358 e. The highest BCUT2D eigenvalue weighted by molar-refractivity contribution is 5.25. The van der Waals surface area contributed by atoms with E-state index >= 15 is 0 Å². The fourth-order valence-electron chi connectivity index (χ4n) is 2.47. The van der Waals surface area contributed by atoms with Crippen molar-refractivity contribution >= 4 is 0 Å². The number of fused-ring (bicyclic) bond motifs is 1. The van der Waals surface area contributed by atoms with Crippen molar-refractivity contribution in [2.24, 2.45) is 0 Å². The van der Waals surface area contributed by atoms with Crippen LogP contribution in [0.5, 0.6) is 0 Å². The molecule has 90 valence electrons. The van der Waals surface area contributed by atoms with E-state index < -0.39 is 0 Å². The maximum Gasteiger partial charge on any atom is 0.130 e. The molecule has 0 saturated carbocycles. The predicted octanol–water partition coefficient (Wildman–Crippen LogP) is 3.70. The van der Waals surface area contributed by atoms with E-state index in [0.717, 1.165) is 13.0 Å². The van der Waals surface area contributed by atoms with Crippen LogP contribution in [0.3, 0.4) is 0 Å². The molecule has 0 saturated heterocycles. The molecule has 0 amide bonds. The lowest BCUT2D eigenvalue weighted by atomic mass is 9.98. The van der Waals surface area contributed by atoms with E-state index in [4.69, 9.17) is 4.74 Å². The molecule has 0 radical (unpaired) electrons. The number of hydrogen-bond acceptors (Lipinski definition) is 1. The van der Waals surface area contributed by atoms with Crippen molar-refractivity contribution in [1.29, 1.82) is 0 Å². The molecule has 0 aliphatic heterocycles. The van der Waals surface area contributed by atoms with Crippen LogP contribution in [-0.2, 0) is 17.6 Å². The maximum atomic E-state index is 5.86. The van der Waals surface area contributed by atoms with Crippen LogP contribution in [0.4, 0.5) is 0 Å². The molecule has 16 heavy (non-hydrogen) atoms. The first-order chi connectivity index (χ1) is 7.83. The van der Waals surface area contributed by atoms with Crippen LogP contribution in [0.2, 0.25) is 0 Å². The van der Waals surface area contributed by atoms with Crippen molar-refractivity contribution in [1.82, 2.24) is 4.57 Å². The summed E-state index contributed by atoms with van der Waals surface area (Å²) in [6.45, 7) is 5.24.